The number of hydrogen-bond acceptors (Lipinski definition) is 2. The van der Waals surface area contributed by atoms with E-state index in [1.165, 1.54) is 0 Å². The van der Waals surface area contributed by atoms with Gasteiger partial charge in [0.1, 0.15) is 0 Å². The molecule has 0 aliphatic heterocycles. The molecule has 2 N–H and O–H groups in total. The predicted octanol–water partition coefficient (Wildman–Crippen LogP) is -0.125. The minimum atomic E-state index is -0.962. The highest BCUT2D eigenvalue weighted by Crippen LogP contribution is 2.06. The molecule has 3 nitrogen and oxygen atoms in total. The molecule has 0 saturated heterocycles. The number of hydrogen-bond donors (Lipinski definition) is 1. The Balaban J connectivity index is 4.07. The summed E-state index contributed by atoms with van der Waals surface area (Å²) in [7, 11) is -0.962. The number of primary amides is 1. The van der Waals surface area contributed by atoms with Crippen molar-refractivity contribution < 1.29 is 9.00 Å². The summed E-state index contributed by atoms with van der Waals surface area (Å²) in [5.74, 6) is -0.687. The molecule has 10 heavy (non-hydrogen) atoms. The molecule has 1 amide bonds. The molecule has 0 radical (unpaired) electrons. The molecule has 0 aliphatic carbocycles. The lowest BCUT2D eigenvalue weighted by molar-refractivity contribution is -0.121. The van der Waals surface area contributed by atoms with Crippen LogP contribution < -0.4 is 5.73 Å². The number of amides is 1. The number of rotatable bonds is 3. The number of nitrogens with two attached hydrogens (primary N) is 1. The van der Waals surface area contributed by atoms with E-state index >= 15 is 0 Å². The second kappa shape index (κ2) is 3.71. The first-order valence-electron chi connectivity index (χ1n) is 3.08. The molecule has 4 heteroatoms. The molecule has 0 fully saturated rings. The van der Waals surface area contributed by atoms with E-state index in [-0.39, 0.29) is 17.1 Å². The third-order valence-electron chi connectivity index (χ3n) is 1.68. The monoisotopic (exact) mass is 163 g/mol. The van der Waals surface area contributed by atoms with Gasteiger partial charge in [0.2, 0.25) is 5.91 Å². The molecule has 3 atom stereocenters. The second-order valence-electron chi connectivity index (χ2n) is 2.39. The maximum absolute atomic E-state index is 10.8. The Morgan fingerprint density at radius 3 is 2.00 bits per heavy atom. The van der Waals surface area contributed by atoms with Gasteiger partial charge >= 0.3 is 0 Å². The third-order valence-corrected chi connectivity index (χ3v) is 3.13. The summed E-state index contributed by atoms with van der Waals surface area (Å²) >= 11 is 0. The zero-order valence-corrected chi connectivity index (χ0v) is 7.27. The fourth-order valence-electron chi connectivity index (χ4n) is 0.519. The van der Waals surface area contributed by atoms with Crippen LogP contribution in [-0.4, -0.2) is 21.6 Å². The molecule has 0 saturated carbocycles. The Hall–Kier alpha value is -0.380. The Kier molecular flexibility index (Phi) is 3.57. The highest BCUT2D eigenvalue weighted by Gasteiger charge is 2.19. The van der Waals surface area contributed by atoms with Crippen LogP contribution in [0.4, 0.5) is 0 Å². The molecular weight excluding hydrogens is 150 g/mol. The molecule has 0 bridgehead atoms. The standard InChI is InChI=1S/C6H13NO2S/c1-4(6(7)8)5(2)10(3)9/h4-5H,1-3H3,(H2,7,8). The van der Waals surface area contributed by atoms with E-state index in [9.17, 15) is 9.00 Å². The Labute approximate surface area is 63.4 Å². The molecule has 0 aromatic rings. The van der Waals surface area contributed by atoms with Gasteiger partial charge < -0.3 is 5.73 Å². The predicted molar refractivity (Wildman–Crippen MR) is 41.9 cm³/mol. The van der Waals surface area contributed by atoms with Crippen molar-refractivity contribution in [3.05, 3.63) is 0 Å². The summed E-state index contributed by atoms with van der Waals surface area (Å²) in [6.07, 6.45) is 1.57. The van der Waals surface area contributed by atoms with Crippen molar-refractivity contribution in [2.24, 2.45) is 11.7 Å². The van der Waals surface area contributed by atoms with Crippen molar-refractivity contribution in [1.82, 2.24) is 0 Å². The van der Waals surface area contributed by atoms with Gasteiger partial charge in [-0.2, -0.15) is 0 Å². The van der Waals surface area contributed by atoms with Gasteiger partial charge in [-0.15, -0.1) is 0 Å². The van der Waals surface area contributed by atoms with E-state index in [1.807, 2.05) is 0 Å². The van der Waals surface area contributed by atoms with Crippen LogP contribution in [0.5, 0.6) is 0 Å². The zero-order valence-electron chi connectivity index (χ0n) is 6.46. The fraction of sp³-hybridized carbons (Fsp3) is 0.833. The summed E-state index contributed by atoms with van der Waals surface area (Å²) in [4.78, 5) is 10.5. The van der Waals surface area contributed by atoms with Crippen LogP contribution >= 0.6 is 0 Å². The molecule has 0 heterocycles. The largest absolute Gasteiger partial charge is 0.369 e. The molecule has 0 aromatic carbocycles. The van der Waals surface area contributed by atoms with E-state index in [4.69, 9.17) is 5.73 Å². The summed E-state index contributed by atoms with van der Waals surface area (Å²) in [6.45, 7) is 3.44. The quantitative estimate of drug-likeness (QED) is 0.630. The van der Waals surface area contributed by atoms with E-state index < -0.39 is 10.8 Å². The van der Waals surface area contributed by atoms with Gasteiger partial charge in [-0.25, -0.2) is 0 Å². The molecule has 0 rings (SSSR count). The topological polar surface area (TPSA) is 60.2 Å². The van der Waals surface area contributed by atoms with Crippen molar-refractivity contribution in [3.63, 3.8) is 0 Å². The van der Waals surface area contributed by atoms with Crippen LogP contribution in [0.1, 0.15) is 13.8 Å². The molecular formula is C6H13NO2S. The first-order chi connectivity index (χ1) is 4.46. The molecule has 3 unspecified atom stereocenters. The first-order valence-corrected chi connectivity index (χ1v) is 4.70. The summed E-state index contributed by atoms with van der Waals surface area (Å²) in [5, 5.41) is -0.141. The molecule has 0 spiro atoms. The van der Waals surface area contributed by atoms with E-state index in [0.29, 0.717) is 0 Å². The van der Waals surface area contributed by atoms with Gasteiger partial charge in [-0.1, -0.05) is 13.8 Å². The van der Waals surface area contributed by atoms with Crippen molar-refractivity contribution >= 4 is 16.7 Å². The molecule has 0 aromatic heterocycles. The lowest BCUT2D eigenvalue weighted by Gasteiger charge is -2.12. The van der Waals surface area contributed by atoms with Gasteiger partial charge in [0.05, 0.1) is 0 Å². The highest BCUT2D eigenvalue weighted by molar-refractivity contribution is 7.84. The van der Waals surface area contributed by atoms with Gasteiger partial charge in [-0.05, 0) is 0 Å². The van der Waals surface area contributed by atoms with Crippen molar-refractivity contribution in [2.75, 3.05) is 6.26 Å². The van der Waals surface area contributed by atoms with Gasteiger partial charge in [0.25, 0.3) is 0 Å². The second-order valence-corrected chi connectivity index (χ2v) is 4.14. The fourth-order valence-corrected chi connectivity index (χ4v) is 1.23. The minimum absolute atomic E-state index is 0.141. The minimum Gasteiger partial charge on any atom is -0.369 e. The van der Waals surface area contributed by atoms with Crippen LogP contribution in [0, 0.1) is 5.92 Å². The summed E-state index contributed by atoms with van der Waals surface area (Å²) in [5.41, 5.74) is 5.00. The maximum Gasteiger partial charge on any atom is 0.221 e. The number of carbonyl (C=O) groups excluding carboxylic acids is 1. The zero-order chi connectivity index (χ0) is 8.31. The Morgan fingerprint density at radius 1 is 1.50 bits per heavy atom. The molecule has 0 aliphatic rings. The highest BCUT2D eigenvalue weighted by atomic mass is 32.2. The SMILES string of the molecule is CC(C(N)=O)C(C)S(C)=O. The van der Waals surface area contributed by atoms with Gasteiger partial charge in [0.15, 0.2) is 0 Å². The van der Waals surface area contributed by atoms with Gasteiger partial charge in [0, 0.05) is 28.2 Å². The van der Waals surface area contributed by atoms with Gasteiger partial charge in [-0.3, -0.25) is 9.00 Å². The lowest BCUT2D eigenvalue weighted by Crippen LogP contribution is -2.31. The molecule has 60 valence electrons. The van der Waals surface area contributed by atoms with Crippen molar-refractivity contribution in [2.45, 2.75) is 19.1 Å². The third kappa shape index (κ3) is 2.47. The summed E-state index contributed by atoms with van der Waals surface area (Å²) < 4.78 is 10.8. The lowest BCUT2D eigenvalue weighted by atomic mass is 10.1. The first kappa shape index (κ1) is 9.62. The Morgan fingerprint density at radius 2 is 1.90 bits per heavy atom. The van der Waals surface area contributed by atoms with Crippen LogP contribution in [0.3, 0.4) is 0 Å². The van der Waals surface area contributed by atoms with Crippen LogP contribution in [-0.2, 0) is 15.6 Å². The number of carbonyl (C=O) groups is 1. The van der Waals surface area contributed by atoms with E-state index in [2.05, 4.69) is 0 Å². The smallest absolute Gasteiger partial charge is 0.221 e. The average molecular weight is 163 g/mol. The van der Waals surface area contributed by atoms with Crippen LogP contribution in [0.15, 0.2) is 0 Å². The normalized spacial score (nSPS) is 19.5. The van der Waals surface area contributed by atoms with Crippen LogP contribution in [0.2, 0.25) is 0 Å². The average Bonchev–Trinajstić information content (AvgIpc) is 1.84. The van der Waals surface area contributed by atoms with Crippen molar-refractivity contribution in [3.8, 4) is 0 Å². The Bertz CT molecular complexity index is 140. The van der Waals surface area contributed by atoms with Crippen molar-refractivity contribution in [1.29, 1.82) is 0 Å². The summed E-state index contributed by atoms with van der Waals surface area (Å²) in [6, 6.07) is 0. The van der Waals surface area contributed by atoms with Crippen LogP contribution in [0.25, 0.3) is 0 Å². The maximum atomic E-state index is 10.8. The van der Waals surface area contributed by atoms with E-state index in [0.717, 1.165) is 0 Å². The van der Waals surface area contributed by atoms with E-state index in [1.54, 1.807) is 20.1 Å².